The molecule has 2 aromatic rings. The number of nitrogens with one attached hydrogen (secondary N) is 1. The Balaban J connectivity index is 1.54. The van der Waals surface area contributed by atoms with Gasteiger partial charge in [0.2, 0.25) is 5.91 Å². The first-order chi connectivity index (χ1) is 11.5. The Morgan fingerprint density at radius 1 is 1.38 bits per heavy atom. The normalized spacial score (nSPS) is 13.8. The molecule has 1 aliphatic carbocycles. The van der Waals surface area contributed by atoms with Gasteiger partial charge >= 0.3 is 0 Å². The Labute approximate surface area is 146 Å². The molecule has 0 aliphatic heterocycles. The van der Waals surface area contributed by atoms with Gasteiger partial charge < -0.3 is 14.6 Å². The number of aryl methyl sites for hydroxylation is 2. The van der Waals surface area contributed by atoms with Gasteiger partial charge in [0.25, 0.3) is 0 Å². The molecule has 3 rings (SSSR count). The number of carbonyl (C=O) groups excluding carboxylic acids is 1. The van der Waals surface area contributed by atoms with Crippen LogP contribution in [0.2, 0.25) is 0 Å². The number of aromatic nitrogens is 3. The number of hydrogen-bond donors (Lipinski definition) is 1. The van der Waals surface area contributed by atoms with Crippen molar-refractivity contribution in [2.45, 2.75) is 44.5 Å². The Hall–Kier alpha value is -2.02. The number of ether oxygens (including phenoxy) is 1. The van der Waals surface area contributed by atoms with E-state index in [2.05, 4.69) is 28.5 Å². The van der Waals surface area contributed by atoms with Gasteiger partial charge in [0, 0.05) is 13.1 Å². The molecule has 0 saturated heterocycles. The summed E-state index contributed by atoms with van der Waals surface area (Å²) in [5, 5.41) is 12.0. The molecule has 0 bridgehead atoms. The second-order valence-corrected chi connectivity index (χ2v) is 7.09. The Kier molecular flexibility index (Phi) is 5.08. The molecule has 128 valence electrons. The average molecular weight is 346 g/mol. The molecule has 0 unspecified atom stereocenters. The van der Waals surface area contributed by atoms with E-state index in [-0.39, 0.29) is 5.91 Å². The highest BCUT2D eigenvalue weighted by Gasteiger charge is 2.23. The van der Waals surface area contributed by atoms with E-state index in [0.29, 0.717) is 18.4 Å². The van der Waals surface area contributed by atoms with Crippen molar-refractivity contribution in [1.29, 1.82) is 0 Å². The SMILES string of the molecule is Cc1ccc(OCc2nnc(SCC(=O)NC3CC3)n2C)c(C)c1. The number of rotatable bonds is 7. The molecular weight excluding hydrogens is 324 g/mol. The second kappa shape index (κ2) is 7.25. The average Bonchev–Trinajstić information content (AvgIpc) is 3.28. The molecule has 0 spiro atoms. The molecule has 1 aliphatic rings. The van der Waals surface area contributed by atoms with Crippen molar-refractivity contribution in [2.24, 2.45) is 7.05 Å². The van der Waals surface area contributed by atoms with E-state index in [0.717, 1.165) is 35.1 Å². The highest BCUT2D eigenvalue weighted by Crippen LogP contribution is 2.22. The van der Waals surface area contributed by atoms with Crippen LogP contribution >= 0.6 is 11.8 Å². The first kappa shape index (κ1) is 16.8. The van der Waals surface area contributed by atoms with Gasteiger partial charge in [-0.1, -0.05) is 29.5 Å². The summed E-state index contributed by atoms with van der Waals surface area (Å²) in [6.45, 7) is 4.43. The fraction of sp³-hybridized carbons (Fsp3) is 0.471. The predicted octanol–water partition coefficient (Wildman–Crippen LogP) is 2.38. The van der Waals surface area contributed by atoms with E-state index in [4.69, 9.17) is 4.74 Å². The van der Waals surface area contributed by atoms with Gasteiger partial charge in [-0.25, -0.2) is 0 Å². The van der Waals surface area contributed by atoms with Gasteiger partial charge in [-0.15, -0.1) is 10.2 Å². The van der Waals surface area contributed by atoms with Crippen LogP contribution in [0.25, 0.3) is 0 Å². The molecule has 24 heavy (non-hydrogen) atoms. The van der Waals surface area contributed by atoms with Crippen molar-refractivity contribution in [1.82, 2.24) is 20.1 Å². The number of nitrogens with zero attached hydrogens (tertiary/aromatic N) is 3. The Morgan fingerprint density at radius 2 is 2.17 bits per heavy atom. The highest BCUT2D eigenvalue weighted by molar-refractivity contribution is 7.99. The predicted molar refractivity (Wildman–Crippen MR) is 93.1 cm³/mol. The molecule has 0 atom stereocenters. The summed E-state index contributed by atoms with van der Waals surface area (Å²) < 4.78 is 7.72. The molecule has 0 radical (unpaired) electrons. The smallest absolute Gasteiger partial charge is 0.230 e. The maximum Gasteiger partial charge on any atom is 0.230 e. The standard InChI is InChI=1S/C17H22N4O2S/c1-11-4-7-14(12(2)8-11)23-9-15-19-20-17(21(15)3)24-10-16(22)18-13-5-6-13/h4,7-8,13H,5-6,9-10H2,1-3H3,(H,18,22). The highest BCUT2D eigenvalue weighted by atomic mass is 32.2. The summed E-state index contributed by atoms with van der Waals surface area (Å²) >= 11 is 1.39. The van der Waals surface area contributed by atoms with E-state index in [1.807, 2.05) is 30.7 Å². The first-order valence-corrected chi connectivity index (χ1v) is 9.02. The fourth-order valence-electron chi connectivity index (χ4n) is 2.33. The quantitative estimate of drug-likeness (QED) is 0.780. The van der Waals surface area contributed by atoms with Crippen molar-refractivity contribution in [3.05, 3.63) is 35.2 Å². The zero-order chi connectivity index (χ0) is 17.1. The van der Waals surface area contributed by atoms with Crippen molar-refractivity contribution in [3.8, 4) is 5.75 Å². The largest absolute Gasteiger partial charge is 0.485 e. The number of hydrogen-bond acceptors (Lipinski definition) is 5. The molecule has 1 aromatic heterocycles. The lowest BCUT2D eigenvalue weighted by Gasteiger charge is -2.09. The number of benzene rings is 1. The molecule has 1 fully saturated rings. The van der Waals surface area contributed by atoms with Gasteiger partial charge in [-0.2, -0.15) is 0 Å². The number of thioether (sulfide) groups is 1. The van der Waals surface area contributed by atoms with Crippen LogP contribution in [0.15, 0.2) is 23.4 Å². The van der Waals surface area contributed by atoms with E-state index >= 15 is 0 Å². The van der Waals surface area contributed by atoms with Crippen LogP contribution in [0.1, 0.15) is 29.8 Å². The summed E-state index contributed by atoms with van der Waals surface area (Å²) in [7, 11) is 1.89. The third-order valence-corrected chi connectivity index (χ3v) is 4.91. The number of amides is 1. The van der Waals surface area contributed by atoms with Crippen LogP contribution in [-0.2, 0) is 18.4 Å². The maximum atomic E-state index is 11.7. The van der Waals surface area contributed by atoms with Crippen LogP contribution in [0.3, 0.4) is 0 Å². The third-order valence-electron chi connectivity index (χ3n) is 3.89. The van der Waals surface area contributed by atoms with E-state index in [9.17, 15) is 4.79 Å². The van der Waals surface area contributed by atoms with Crippen molar-refractivity contribution < 1.29 is 9.53 Å². The van der Waals surface area contributed by atoms with E-state index in [1.54, 1.807) is 0 Å². The van der Waals surface area contributed by atoms with Gasteiger partial charge in [-0.05, 0) is 38.3 Å². The summed E-state index contributed by atoms with van der Waals surface area (Å²) in [5.41, 5.74) is 2.31. The van der Waals surface area contributed by atoms with Gasteiger partial charge in [-0.3, -0.25) is 4.79 Å². The van der Waals surface area contributed by atoms with Crippen LogP contribution in [0.4, 0.5) is 0 Å². The minimum Gasteiger partial charge on any atom is -0.485 e. The van der Waals surface area contributed by atoms with Crippen LogP contribution in [0.5, 0.6) is 5.75 Å². The van der Waals surface area contributed by atoms with Gasteiger partial charge in [0.05, 0.1) is 5.75 Å². The lowest BCUT2D eigenvalue weighted by molar-refractivity contribution is -0.118. The molecule has 1 saturated carbocycles. The summed E-state index contributed by atoms with van der Waals surface area (Å²) in [6, 6.07) is 6.47. The van der Waals surface area contributed by atoms with Crippen LogP contribution < -0.4 is 10.1 Å². The monoisotopic (exact) mass is 346 g/mol. The first-order valence-electron chi connectivity index (χ1n) is 8.03. The van der Waals surface area contributed by atoms with Crippen LogP contribution in [0, 0.1) is 13.8 Å². The van der Waals surface area contributed by atoms with Crippen molar-refractivity contribution in [2.75, 3.05) is 5.75 Å². The molecule has 7 heteroatoms. The summed E-state index contributed by atoms with van der Waals surface area (Å²) in [4.78, 5) is 11.7. The molecule has 1 aromatic carbocycles. The zero-order valence-electron chi connectivity index (χ0n) is 14.2. The van der Waals surface area contributed by atoms with Gasteiger partial charge in [0.1, 0.15) is 12.4 Å². The van der Waals surface area contributed by atoms with E-state index in [1.165, 1.54) is 17.3 Å². The van der Waals surface area contributed by atoms with Crippen LogP contribution in [-0.4, -0.2) is 32.5 Å². The van der Waals surface area contributed by atoms with Gasteiger partial charge in [0.15, 0.2) is 11.0 Å². The minimum atomic E-state index is 0.0542. The number of carbonyl (C=O) groups is 1. The third kappa shape index (κ3) is 4.29. The Bertz CT molecular complexity index is 740. The second-order valence-electron chi connectivity index (χ2n) is 6.15. The topological polar surface area (TPSA) is 69.0 Å². The minimum absolute atomic E-state index is 0.0542. The lowest BCUT2D eigenvalue weighted by Crippen LogP contribution is -2.27. The van der Waals surface area contributed by atoms with Crippen molar-refractivity contribution >= 4 is 17.7 Å². The Morgan fingerprint density at radius 3 is 2.88 bits per heavy atom. The summed E-state index contributed by atoms with van der Waals surface area (Å²) in [6.07, 6.45) is 2.20. The van der Waals surface area contributed by atoms with E-state index < -0.39 is 0 Å². The van der Waals surface area contributed by atoms with Crippen molar-refractivity contribution in [3.63, 3.8) is 0 Å². The summed E-state index contributed by atoms with van der Waals surface area (Å²) in [5.74, 6) is 2.00. The fourth-order valence-corrected chi connectivity index (χ4v) is 3.07. The molecule has 6 nitrogen and oxygen atoms in total. The lowest BCUT2D eigenvalue weighted by atomic mass is 10.1. The zero-order valence-corrected chi connectivity index (χ0v) is 15.0. The molecule has 1 heterocycles. The molecule has 1 N–H and O–H groups in total. The molecular formula is C17H22N4O2S. The molecule has 1 amide bonds. The maximum absolute atomic E-state index is 11.7.